The lowest BCUT2D eigenvalue weighted by Crippen LogP contribution is -2.36. The summed E-state index contributed by atoms with van der Waals surface area (Å²) in [5, 5.41) is 4.75. The van der Waals surface area contributed by atoms with Gasteiger partial charge in [0.05, 0.1) is 17.0 Å². The zero-order valence-corrected chi connectivity index (χ0v) is 23.9. The van der Waals surface area contributed by atoms with Gasteiger partial charge in [-0.1, -0.05) is 121 Å². The van der Waals surface area contributed by atoms with E-state index in [-0.39, 0.29) is 0 Å². The highest BCUT2D eigenvalue weighted by atomic mass is 32.1. The van der Waals surface area contributed by atoms with Crippen molar-refractivity contribution in [1.82, 2.24) is 19.9 Å². The lowest BCUT2D eigenvalue weighted by atomic mass is 9.77. The number of hydrogen-bond acceptors (Lipinski definition) is 2. The van der Waals surface area contributed by atoms with Crippen LogP contribution < -0.4 is 5.32 Å². The summed E-state index contributed by atoms with van der Waals surface area (Å²) >= 11 is 5.65. The van der Waals surface area contributed by atoms with Crippen LogP contribution in [0, 0.1) is 0 Å². The first-order valence-electron chi connectivity index (χ1n) is 14.3. The van der Waals surface area contributed by atoms with Crippen LogP contribution in [-0.4, -0.2) is 26.1 Å². The van der Waals surface area contributed by atoms with Gasteiger partial charge < -0.3 is 14.9 Å². The van der Waals surface area contributed by atoms with E-state index in [2.05, 4.69) is 143 Å². The molecule has 0 saturated heterocycles. The molecule has 0 aliphatic heterocycles. The van der Waals surface area contributed by atoms with Gasteiger partial charge in [0.2, 0.25) is 0 Å². The highest BCUT2D eigenvalue weighted by molar-refractivity contribution is 7.80. The number of aromatic nitrogens is 3. The van der Waals surface area contributed by atoms with Crippen LogP contribution in [0.4, 0.5) is 0 Å². The van der Waals surface area contributed by atoms with Crippen molar-refractivity contribution in [2.45, 2.75) is 31.2 Å². The summed E-state index contributed by atoms with van der Waals surface area (Å²) < 4.78 is 2.28. The van der Waals surface area contributed by atoms with Gasteiger partial charge in [-0.3, -0.25) is 0 Å². The molecule has 0 unspecified atom stereocenters. The lowest BCUT2D eigenvalue weighted by molar-refractivity contribution is 0.514. The van der Waals surface area contributed by atoms with Crippen LogP contribution in [-0.2, 0) is 18.4 Å². The van der Waals surface area contributed by atoms with Crippen molar-refractivity contribution in [2.24, 2.45) is 0 Å². The van der Waals surface area contributed by atoms with E-state index in [0.29, 0.717) is 0 Å². The van der Waals surface area contributed by atoms with Crippen LogP contribution in [0.2, 0.25) is 0 Å². The van der Waals surface area contributed by atoms with E-state index in [1.807, 2.05) is 6.33 Å². The fourth-order valence-corrected chi connectivity index (χ4v) is 6.04. The van der Waals surface area contributed by atoms with Crippen LogP contribution >= 0.6 is 12.2 Å². The van der Waals surface area contributed by atoms with Gasteiger partial charge in [0, 0.05) is 36.3 Å². The first kappa shape index (κ1) is 26.7. The molecule has 0 amide bonds. The Hall–Kier alpha value is -4.48. The van der Waals surface area contributed by atoms with Gasteiger partial charge in [0.15, 0.2) is 0 Å². The third-order valence-electron chi connectivity index (χ3n) is 7.83. The summed E-state index contributed by atoms with van der Waals surface area (Å²) in [7, 11) is 0. The van der Waals surface area contributed by atoms with Crippen molar-refractivity contribution in [1.29, 1.82) is 0 Å². The van der Waals surface area contributed by atoms with Crippen LogP contribution in [0.5, 0.6) is 0 Å². The highest BCUT2D eigenvalue weighted by Crippen LogP contribution is 2.40. The Morgan fingerprint density at radius 2 is 1.34 bits per heavy atom. The molecule has 0 spiro atoms. The number of hydrogen-bond donors (Lipinski definition) is 2. The Morgan fingerprint density at radius 3 is 1.98 bits per heavy atom. The standard InChI is InChI=1S/C36H34N4S/c41-35(23-22-28-25-38-34-21-11-10-20-33(28)34)37-24-12-19-32-26-40(27-39-32)36(29-13-4-1-5-14-29,30-15-6-2-7-16-30)31-17-8-3-9-18-31/h1-11,13-18,20-21,25-27,38H,12,19,22-24H2,(H,37,41). The third kappa shape index (κ3) is 5.59. The molecule has 6 aromatic rings. The largest absolute Gasteiger partial charge is 0.380 e. The smallest absolute Gasteiger partial charge is 0.121 e. The number of H-pyrrole nitrogens is 1. The first-order valence-corrected chi connectivity index (χ1v) is 14.7. The fraction of sp³-hybridized carbons (Fsp3) is 0.167. The number of aryl methyl sites for hydroxylation is 2. The average molecular weight is 555 g/mol. The van der Waals surface area contributed by atoms with Crippen LogP contribution in [0.1, 0.15) is 40.8 Å². The Morgan fingerprint density at radius 1 is 0.756 bits per heavy atom. The zero-order chi connectivity index (χ0) is 27.9. The number of benzene rings is 4. The molecule has 5 heteroatoms. The summed E-state index contributed by atoms with van der Waals surface area (Å²) in [4.78, 5) is 9.14. The second kappa shape index (κ2) is 12.4. The number of thiocarbonyl (C=S) groups is 1. The first-order chi connectivity index (χ1) is 20.2. The summed E-state index contributed by atoms with van der Waals surface area (Å²) in [5.74, 6) is 0. The molecule has 0 atom stereocenters. The van der Waals surface area contributed by atoms with Gasteiger partial charge in [0.1, 0.15) is 5.54 Å². The van der Waals surface area contributed by atoms with E-state index in [1.54, 1.807) is 0 Å². The molecule has 2 heterocycles. The topological polar surface area (TPSA) is 45.6 Å². The van der Waals surface area contributed by atoms with Crippen molar-refractivity contribution in [3.8, 4) is 0 Å². The Bertz CT molecular complexity index is 1610. The maximum absolute atomic E-state index is 5.65. The summed E-state index contributed by atoms with van der Waals surface area (Å²) in [6, 6.07) is 40.6. The SMILES string of the molecule is S=C(CCc1c[nH]c2ccccc12)NCCCc1cn(C(c2ccccc2)(c2ccccc2)c2ccccc2)cn1. The predicted octanol–water partition coefficient (Wildman–Crippen LogP) is 7.69. The molecule has 2 N–H and O–H groups in total. The molecule has 0 saturated carbocycles. The number of para-hydroxylation sites is 1. The summed E-state index contributed by atoms with van der Waals surface area (Å²) in [6.45, 7) is 0.834. The van der Waals surface area contributed by atoms with Crippen molar-refractivity contribution >= 4 is 28.1 Å². The maximum Gasteiger partial charge on any atom is 0.121 e. The minimum absolute atomic E-state index is 0.531. The second-order valence-corrected chi connectivity index (χ2v) is 10.9. The fourth-order valence-electron chi connectivity index (χ4n) is 5.83. The average Bonchev–Trinajstić information content (AvgIpc) is 3.68. The minimum atomic E-state index is -0.531. The Balaban J connectivity index is 1.15. The monoisotopic (exact) mass is 554 g/mol. The maximum atomic E-state index is 5.65. The van der Waals surface area contributed by atoms with Gasteiger partial charge in [-0.25, -0.2) is 4.98 Å². The Kier molecular flexibility index (Phi) is 8.06. The molecular formula is C36H34N4S. The third-order valence-corrected chi connectivity index (χ3v) is 8.17. The van der Waals surface area contributed by atoms with E-state index < -0.39 is 5.54 Å². The zero-order valence-electron chi connectivity index (χ0n) is 23.0. The molecule has 6 rings (SSSR count). The molecule has 0 radical (unpaired) electrons. The van der Waals surface area contributed by atoms with Gasteiger partial charge >= 0.3 is 0 Å². The summed E-state index contributed by atoms with van der Waals surface area (Å²) in [6.07, 6.45) is 9.91. The van der Waals surface area contributed by atoms with E-state index in [9.17, 15) is 0 Å². The van der Waals surface area contributed by atoms with Crippen LogP contribution in [0.25, 0.3) is 10.9 Å². The van der Waals surface area contributed by atoms with Gasteiger partial charge in [-0.05, 0) is 47.6 Å². The number of rotatable bonds is 11. The molecule has 0 fully saturated rings. The van der Waals surface area contributed by atoms with E-state index >= 15 is 0 Å². The van der Waals surface area contributed by atoms with Crippen LogP contribution in [0.15, 0.2) is 134 Å². The Labute approximate surface area is 247 Å². The van der Waals surface area contributed by atoms with E-state index in [1.165, 1.54) is 33.2 Å². The molecule has 0 aliphatic rings. The van der Waals surface area contributed by atoms with Gasteiger partial charge in [0.25, 0.3) is 0 Å². The molecule has 0 aliphatic carbocycles. The molecule has 204 valence electrons. The highest BCUT2D eigenvalue weighted by Gasteiger charge is 2.38. The van der Waals surface area contributed by atoms with Crippen molar-refractivity contribution < 1.29 is 0 Å². The van der Waals surface area contributed by atoms with Crippen molar-refractivity contribution in [3.63, 3.8) is 0 Å². The number of nitrogens with zero attached hydrogens (tertiary/aromatic N) is 2. The number of aromatic amines is 1. The van der Waals surface area contributed by atoms with Crippen molar-refractivity contribution in [3.05, 3.63) is 162 Å². The van der Waals surface area contributed by atoms with E-state index in [0.717, 1.165) is 42.9 Å². The van der Waals surface area contributed by atoms with Crippen LogP contribution in [0.3, 0.4) is 0 Å². The summed E-state index contributed by atoms with van der Waals surface area (Å²) in [5.41, 5.74) is 6.63. The molecule has 4 nitrogen and oxygen atoms in total. The number of nitrogens with one attached hydrogen (secondary N) is 2. The number of imidazole rings is 1. The molecule has 41 heavy (non-hydrogen) atoms. The van der Waals surface area contributed by atoms with Gasteiger partial charge in [-0.2, -0.15) is 0 Å². The molecule has 0 bridgehead atoms. The second-order valence-electron chi connectivity index (χ2n) is 10.4. The molecule has 2 aromatic heterocycles. The molecule has 4 aromatic carbocycles. The molecular weight excluding hydrogens is 520 g/mol. The quantitative estimate of drug-likeness (QED) is 0.0981. The van der Waals surface area contributed by atoms with Crippen molar-refractivity contribution in [2.75, 3.05) is 6.54 Å². The van der Waals surface area contributed by atoms with E-state index in [4.69, 9.17) is 17.2 Å². The predicted molar refractivity (Wildman–Crippen MR) is 172 cm³/mol. The number of fused-ring (bicyclic) bond motifs is 1. The normalized spacial score (nSPS) is 11.5. The lowest BCUT2D eigenvalue weighted by Gasteiger charge is -2.37. The minimum Gasteiger partial charge on any atom is -0.380 e. The van der Waals surface area contributed by atoms with Gasteiger partial charge in [-0.15, -0.1) is 0 Å².